The summed E-state index contributed by atoms with van der Waals surface area (Å²) in [6.07, 6.45) is 2.40. The third-order valence-electron chi connectivity index (χ3n) is 5.83. The van der Waals surface area contributed by atoms with Crippen molar-refractivity contribution in [2.75, 3.05) is 26.7 Å². The molecule has 4 heteroatoms. The first-order valence-electron chi connectivity index (χ1n) is 9.80. The van der Waals surface area contributed by atoms with Crippen molar-refractivity contribution in [3.8, 4) is 0 Å². The number of alkyl halides is 1. The fraction of sp³-hybridized carbons (Fsp3) is 0.545. The van der Waals surface area contributed by atoms with Crippen molar-refractivity contribution in [1.29, 1.82) is 0 Å². The summed E-state index contributed by atoms with van der Waals surface area (Å²) < 4.78 is 0. The molecule has 0 aromatic heterocycles. The zero-order valence-electron chi connectivity index (χ0n) is 15.8. The van der Waals surface area contributed by atoms with Crippen LogP contribution in [0.1, 0.15) is 37.7 Å². The van der Waals surface area contributed by atoms with E-state index in [2.05, 4.69) is 60.0 Å². The number of hydrogen-bond donors (Lipinski definition) is 3. The van der Waals surface area contributed by atoms with Gasteiger partial charge in [-0.1, -0.05) is 55.8 Å². The minimum atomic E-state index is -0.463. The molecule has 3 rings (SSSR count). The van der Waals surface area contributed by atoms with Crippen LogP contribution in [0.5, 0.6) is 0 Å². The quantitative estimate of drug-likeness (QED) is 0.644. The van der Waals surface area contributed by atoms with Crippen LogP contribution in [0.25, 0.3) is 10.8 Å². The van der Waals surface area contributed by atoms with Gasteiger partial charge in [-0.15, -0.1) is 11.6 Å². The molecule has 2 aromatic carbocycles. The number of halogens is 1. The molecule has 0 aliphatic carbocycles. The Labute approximate surface area is 162 Å². The molecule has 0 spiro atoms. The van der Waals surface area contributed by atoms with E-state index in [1.54, 1.807) is 0 Å². The number of likely N-dealkylation sites (N-methyl/N-ethyl adjacent to an activating group) is 1. The van der Waals surface area contributed by atoms with Crippen molar-refractivity contribution in [2.24, 2.45) is 5.92 Å². The second-order valence-corrected chi connectivity index (χ2v) is 8.37. The van der Waals surface area contributed by atoms with Crippen LogP contribution in [-0.4, -0.2) is 42.8 Å². The molecular formula is C22H31ClN2O. The van der Waals surface area contributed by atoms with Crippen molar-refractivity contribution in [2.45, 2.75) is 43.1 Å². The highest BCUT2D eigenvalue weighted by atomic mass is 35.5. The Balaban J connectivity index is 1.92. The van der Waals surface area contributed by atoms with Crippen LogP contribution in [0.15, 0.2) is 42.5 Å². The first-order valence-corrected chi connectivity index (χ1v) is 10.2. The Morgan fingerprint density at radius 2 is 2.04 bits per heavy atom. The standard InChI is InChI=1S/C22H31ClN2O/c1-3-11-22(23)15-25-12-10-20(22)21(26)19(14-24-2)18-9-8-16-6-4-5-7-17(16)13-18/h4-9,13,19-21,24-26H,3,10-12,14-15H2,1-2H3/t19-,20?,21-,22?/m1/s1. The minimum absolute atomic E-state index is 0.0303. The van der Waals surface area contributed by atoms with Gasteiger partial charge in [-0.25, -0.2) is 0 Å². The number of hydrogen-bond acceptors (Lipinski definition) is 3. The summed E-state index contributed by atoms with van der Waals surface area (Å²) in [4.78, 5) is -0.366. The van der Waals surface area contributed by atoms with Gasteiger partial charge in [-0.2, -0.15) is 0 Å². The summed E-state index contributed by atoms with van der Waals surface area (Å²) in [5.41, 5.74) is 1.18. The van der Waals surface area contributed by atoms with Crippen LogP contribution in [-0.2, 0) is 0 Å². The normalized spacial score (nSPS) is 25.9. The van der Waals surface area contributed by atoms with Crippen molar-refractivity contribution in [3.05, 3.63) is 48.0 Å². The number of fused-ring (bicyclic) bond motifs is 1. The van der Waals surface area contributed by atoms with Crippen LogP contribution in [0.4, 0.5) is 0 Å². The lowest BCUT2D eigenvalue weighted by Gasteiger charge is -2.44. The molecule has 1 aliphatic rings. The summed E-state index contributed by atoms with van der Waals surface area (Å²) in [5, 5.41) is 20.5. The van der Waals surface area contributed by atoms with Crippen molar-refractivity contribution in [3.63, 3.8) is 0 Å². The molecule has 0 radical (unpaired) electrons. The Kier molecular flexibility index (Phi) is 6.57. The molecular weight excluding hydrogens is 344 g/mol. The first kappa shape index (κ1) is 19.6. The molecule has 0 bridgehead atoms. The number of nitrogens with one attached hydrogen (secondary N) is 2. The third kappa shape index (κ3) is 4.07. The highest BCUT2D eigenvalue weighted by Gasteiger charge is 2.44. The zero-order chi connectivity index (χ0) is 18.6. The second-order valence-electron chi connectivity index (χ2n) is 7.62. The monoisotopic (exact) mass is 374 g/mol. The molecule has 1 saturated heterocycles. The molecule has 1 heterocycles. The average Bonchev–Trinajstić information content (AvgIpc) is 2.65. The van der Waals surface area contributed by atoms with E-state index in [1.807, 2.05) is 7.05 Å². The molecule has 26 heavy (non-hydrogen) atoms. The fourth-order valence-electron chi connectivity index (χ4n) is 4.48. The van der Waals surface area contributed by atoms with Gasteiger partial charge in [-0.3, -0.25) is 0 Å². The number of aliphatic hydroxyl groups excluding tert-OH is 1. The van der Waals surface area contributed by atoms with E-state index in [4.69, 9.17) is 11.6 Å². The Hall–Kier alpha value is -1.13. The zero-order valence-corrected chi connectivity index (χ0v) is 16.6. The Bertz CT molecular complexity index is 718. The first-order chi connectivity index (χ1) is 12.6. The van der Waals surface area contributed by atoms with Crippen LogP contribution >= 0.6 is 11.6 Å². The smallest absolute Gasteiger partial charge is 0.0666 e. The van der Waals surface area contributed by atoms with Gasteiger partial charge in [0.05, 0.1) is 11.0 Å². The summed E-state index contributed by atoms with van der Waals surface area (Å²) in [7, 11) is 1.95. The molecule has 2 unspecified atom stereocenters. The predicted molar refractivity (Wildman–Crippen MR) is 111 cm³/mol. The molecule has 142 valence electrons. The predicted octanol–water partition coefficient (Wildman–Crippen LogP) is 3.89. The van der Waals surface area contributed by atoms with E-state index in [1.165, 1.54) is 16.3 Å². The van der Waals surface area contributed by atoms with Gasteiger partial charge >= 0.3 is 0 Å². The maximum Gasteiger partial charge on any atom is 0.0666 e. The van der Waals surface area contributed by atoms with E-state index in [9.17, 15) is 5.11 Å². The third-order valence-corrected chi connectivity index (χ3v) is 6.43. The van der Waals surface area contributed by atoms with Gasteiger partial charge in [0.25, 0.3) is 0 Å². The highest BCUT2D eigenvalue weighted by molar-refractivity contribution is 6.24. The van der Waals surface area contributed by atoms with E-state index in [0.29, 0.717) is 0 Å². The summed E-state index contributed by atoms with van der Waals surface area (Å²) >= 11 is 7.02. The van der Waals surface area contributed by atoms with Gasteiger partial charge in [0.1, 0.15) is 0 Å². The second kappa shape index (κ2) is 8.71. The van der Waals surface area contributed by atoms with Gasteiger partial charge in [0.2, 0.25) is 0 Å². The highest BCUT2D eigenvalue weighted by Crippen LogP contribution is 2.41. The van der Waals surface area contributed by atoms with Gasteiger partial charge < -0.3 is 15.7 Å². The minimum Gasteiger partial charge on any atom is -0.392 e. The molecule has 0 saturated carbocycles. The molecule has 1 aliphatic heterocycles. The Morgan fingerprint density at radius 1 is 1.27 bits per heavy atom. The van der Waals surface area contributed by atoms with E-state index in [-0.39, 0.29) is 16.7 Å². The number of aliphatic hydroxyl groups is 1. The lowest BCUT2D eigenvalue weighted by Crippen LogP contribution is -2.54. The molecule has 3 N–H and O–H groups in total. The molecule has 4 atom stereocenters. The van der Waals surface area contributed by atoms with Crippen molar-refractivity contribution in [1.82, 2.24) is 10.6 Å². The van der Waals surface area contributed by atoms with Crippen LogP contribution in [0.2, 0.25) is 0 Å². The lowest BCUT2D eigenvalue weighted by atomic mass is 9.73. The number of rotatable bonds is 7. The van der Waals surface area contributed by atoms with Crippen LogP contribution < -0.4 is 10.6 Å². The van der Waals surface area contributed by atoms with Crippen molar-refractivity contribution >= 4 is 22.4 Å². The van der Waals surface area contributed by atoms with Gasteiger partial charge in [0.15, 0.2) is 0 Å². The van der Waals surface area contributed by atoms with E-state index in [0.717, 1.165) is 38.9 Å². The van der Waals surface area contributed by atoms with Crippen molar-refractivity contribution < 1.29 is 5.11 Å². The van der Waals surface area contributed by atoms with Gasteiger partial charge in [-0.05, 0) is 42.8 Å². The van der Waals surface area contributed by atoms with Gasteiger partial charge in [0, 0.05) is 24.9 Å². The SMILES string of the molecule is CCCC1(Cl)CNCCC1[C@H](O)[C@H](CNC)c1ccc2ccccc2c1. The number of benzene rings is 2. The number of piperidine rings is 1. The molecule has 3 nitrogen and oxygen atoms in total. The molecule has 1 fully saturated rings. The molecule has 0 amide bonds. The molecule has 2 aromatic rings. The largest absolute Gasteiger partial charge is 0.392 e. The fourth-order valence-corrected chi connectivity index (χ4v) is 5.01. The topological polar surface area (TPSA) is 44.3 Å². The maximum absolute atomic E-state index is 11.4. The lowest BCUT2D eigenvalue weighted by molar-refractivity contribution is 0.0401. The average molecular weight is 375 g/mol. The summed E-state index contributed by atoms with van der Waals surface area (Å²) in [5.74, 6) is 0.123. The van der Waals surface area contributed by atoms with E-state index < -0.39 is 6.10 Å². The maximum atomic E-state index is 11.4. The van der Waals surface area contributed by atoms with Crippen LogP contribution in [0.3, 0.4) is 0 Å². The Morgan fingerprint density at radius 3 is 2.77 bits per heavy atom. The van der Waals surface area contributed by atoms with E-state index >= 15 is 0 Å². The van der Waals surface area contributed by atoms with Crippen LogP contribution in [0, 0.1) is 5.92 Å². The summed E-state index contributed by atoms with van der Waals surface area (Å²) in [6, 6.07) is 14.9. The summed E-state index contributed by atoms with van der Waals surface area (Å²) in [6.45, 7) is 4.59.